The van der Waals surface area contributed by atoms with Gasteiger partial charge in [0.2, 0.25) is 0 Å². The Balaban J connectivity index is 0.834. The Morgan fingerprint density at radius 3 is 1.40 bits per heavy atom. The number of fused-ring (bicyclic) bond motifs is 5. The number of pyridine rings is 1. The van der Waals surface area contributed by atoms with Crippen LogP contribution in [-0.4, -0.2) is 15.0 Å². The van der Waals surface area contributed by atoms with Crippen molar-refractivity contribution in [3.05, 3.63) is 212 Å². The molecule has 0 aliphatic heterocycles. The second-order valence-electron chi connectivity index (χ2n) is 16.3. The highest BCUT2D eigenvalue weighted by Gasteiger charge is 2.43. The Labute approximate surface area is 352 Å². The zero-order valence-electron chi connectivity index (χ0n) is 33.4. The molecule has 2 aliphatic carbocycles. The van der Waals surface area contributed by atoms with E-state index in [9.17, 15) is 0 Å². The fourth-order valence-electron chi connectivity index (χ4n) is 9.71. The monoisotopic (exact) mass is 769 g/mol. The van der Waals surface area contributed by atoms with Gasteiger partial charge in [-0.2, -0.15) is 0 Å². The molecular formula is C57H43N3. The molecule has 0 amide bonds. The molecule has 2 aliphatic rings. The highest BCUT2D eigenvalue weighted by Crippen LogP contribution is 2.56. The first-order valence-corrected chi connectivity index (χ1v) is 21.2. The van der Waals surface area contributed by atoms with Gasteiger partial charge in [0, 0.05) is 34.5 Å². The van der Waals surface area contributed by atoms with Gasteiger partial charge in [0.1, 0.15) is 0 Å². The summed E-state index contributed by atoms with van der Waals surface area (Å²) in [4.78, 5) is 14.4. The smallest absolute Gasteiger partial charge is 0.160 e. The standard InChI is InChI=1S/C57H43N3/c1-3-10-45(11-4-1)54-37-55(46-27-23-44(24-28-46)49-12-9-35-58-38-49)60-56(59-54)47-29-25-42(26-30-47)40-17-15-39(16-18-40)41-19-21-43(22-20-41)48-31-32-53-51(36-48)50-13-5-6-14-52(50)57(53)33-7-2-8-34-57/h1,3-6,9-32,35-38H,2,7-8,33-34H2. The summed E-state index contributed by atoms with van der Waals surface area (Å²) in [5, 5.41) is 0. The molecule has 3 heteroatoms. The van der Waals surface area contributed by atoms with Gasteiger partial charge in [0.05, 0.1) is 11.4 Å². The number of hydrogen-bond donors (Lipinski definition) is 0. The van der Waals surface area contributed by atoms with Crippen LogP contribution in [0.25, 0.3) is 89.5 Å². The Kier molecular flexibility index (Phi) is 9.08. The van der Waals surface area contributed by atoms with Crippen molar-refractivity contribution in [1.29, 1.82) is 0 Å². The topological polar surface area (TPSA) is 38.7 Å². The number of rotatable bonds is 7. The predicted molar refractivity (Wildman–Crippen MR) is 247 cm³/mol. The van der Waals surface area contributed by atoms with Crippen molar-refractivity contribution in [1.82, 2.24) is 15.0 Å². The van der Waals surface area contributed by atoms with Crippen molar-refractivity contribution in [2.24, 2.45) is 0 Å². The molecule has 2 heterocycles. The van der Waals surface area contributed by atoms with E-state index in [1.165, 1.54) is 76.6 Å². The molecule has 0 atom stereocenters. The van der Waals surface area contributed by atoms with Crippen molar-refractivity contribution in [3.63, 3.8) is 0 Å². The van der Waals surface area contributed by atoms with E-state index in [4.69, 9.17) is 9.97 Å². The average molecular weight is 770 g/mol. The molecule has 0 radical (unpaired) electrons. The van der Waals surface area contributed by atoms with E-state index in [1.807, 2.05) is 30.5 Å². The molecule has 11 rings (SSSR count). The first-order valence-electron chi connectivity index (χ1n) is 21.2. The van der Waals surface area contributed by atoms with Crippen LogP contribution in [0.5, 0.6) is 0 Å². The quantitative estimate of drug-likeness (QED) is 0.162. The van der Waals surface area contributed by atoms with Crippen LogP contribution in [0.3, 0.4) is 0 Å². The lowest BCUT2D eigenvalue weighted by atomic mass is 9.68. The van der Waals surface area contributed by atoms with Crippen LogP contribution in [0.2, 0.25) is 0 Å². The molecule has 1 spiro atoms. The highest BCUT2D eigenvalue weighted by molar-refractivity contribution is 5.85. The number of benzene rings is 7. The first kappa shape index (κ1) is 35.9. The maximum atomic E-state index is 5.09. The second kappa shape index (κ2) is 15.2. The molecule has 1 saturated carbocycles. The minimum absolute atomic E-state index is 0.198. The van der Waals surface area contributed by atoms with Crippen LogP contribution in [-0.2, 0) is 5.41 Å². The summed E-state index contributed by atoms with van der Waals surface area (Å²) in [5.74, 6) is 0.700. The molecule has 0 unspecified atom stereocenters. The van der Waals surface area contributed by atoms with Crippen molar-refractivity contribution in [2.75, 3.05) is 0 Å². The molecule has 2 aromatic heterocycles. The lowest BCUT2D eigenvalue weighted by molar-refractivity contribution is 0.353. The lowest BCUT2D eigenvalue weighted by Gasteiger charge is -2.36. The third kappa shape index (κ3) is 6.53. The summed E-state index contributed by atoms with van der Waals surface area (Å²) in [6, 6.07) is 67.9. The average Bonchev–Trinajstić information content (AvgIpc) is 3.60. The largest absolute Gasteiger partial charge is 0.264 e. The van der Waals surface area contributed by atoms with E-state index >= 15 is 0 Å². The van der Waals surface area contributed by atoms with Gasteiger partial charge < -0.3 is 0 Å². The second-order valence-corrected chi connectivity index (χ2v) is 16.3. The van der Waals surface area contributed by atoms with Gasteiger partial charge in [-0.05, 0) is 97.8 Å². The molecule has 286 valence electrons. The molecule has 3 nitrogen and oxygen atoms in total. The summed E-state index contributed by atoms with van der Waals surface area (Å²) in [7, 11) is 0. The summed E-state index contributed by atoms with van der Waals surface area (Å²) < 4.78 is 0. The van der Waals surface area contributed by atoms with E-state index < -0.39 is 0 Å². The Morgan fingerprint density at radius 1 is 0.333 bits per heavy atom. The molecule has 0 saturated heterocycles. The predicted octanol–water partition coefficient (Wildman–Crippen LogP) is 14.8. The van der Waals surface area contributed by atoms with Crippen molar-refractivity contribution < 1.29 is 0 Å². The van der Waals surface area contributed by atoms with Gasteiger partial charge in [0.15, 0.2) is 5.82 Å². The molecule has 0 bridgehead atoms. The molecular weight excluding hydrogens is 727 g/mol. The van der Waals surface area contributed by atoms with E-state index in [-0.39, 0.29) is 5.41 Å². The van der Waals surface area contributed by atoms with Crippen molar-refractivity contribution in [2.45, 2.75) is 37.5 Å². The maximum absolute atomic E-state index is 5.09. The van der Waals surface area contributed by atoms with Crippen LogP contribution in [0, 0.1) is 0 Å². The van der Waals surface area contributed by atoms with Gasteiger partial charge in [-0.25, -0.2) is 9.97 Å². The van der Waals surface area contributed by atoms with E-state index in [0.29, 0.717) is 5.82 Å². The van der Waals surface area contributed by atoms with E-state index in [1.54, 1.807) is 11.8 Å². The Bertz CT molecular complexity index is 2950. The summed E-state index contributed by atoms with van der Waals surface area (Å²) in [5.41, 5.74) is 20.5. The lowest BCUT2D eigenvalue weighted by Crippen LogP contribution is -2.27. The summed E-state index contributed by atoms with van der Waals surface area (Å²) in [6.45, 7) is 0. The third-order valence-electron chi connectivity index (χ3n) is 12.9. The fourth-order valence-corrected chi connectivity index (χ4v) is 9.71. The highest BCUT2D eigenvalue weighted by atomic mass is 14.9. The van der Waals surface area contributed by atoms with Gasteiger partial charge in [0.25, 0.3) is 0 Å². The normalized spacial score (nSPS) is 13.8. The van der Waals surface area contributed by atoms with Gasteiger partial charge in [-0.15, -0.1) is 0 Å². The van der Waals surface area contributed by atoms with E-state index in [0.717, 1.165) is 44.8 Å². The minimum atomic E-state index is 0.198. The fraction of sp³-hybridized carbons (Fsp3) is 0.105. The number of hydrogen-bond acceptors (Lipinski definition) is 3. The zero-order valence-corrected chi connectivity index (χ0v) is 33.4. The Morgan fingerprint density at radius 2 is 0.800 bits per heavy atom. The van der Waals surface area contributed by atoms with Crippen molar-refractivity contribution in [3.8, 4) is 89.5 Å². The summed E-state index contributed by atoms with van der Waals surface area (Å²) >= 11 is 0. The van der Waals surface area contributed by atoms with Crippen molar-refractivity contribution >= 4 is 0 Å². The molecule has 9 aromatic rings. The minimum Gasteiger partial charge on any atom is -0.264 e. The molecule has 7 aromatic carbocycles. The van der Waals surface area contributed by atoms with Gasteiger partial charge in [-0.3, -0.25) is 4.98 Å². The maximum Gasteiger partial charge on any atom is 0.160 e. The van der Waals surface area contributed by atoms with Crippen LogP contribution >= 0.6 is 0 Å². The molecule has 60 heavy (non-hydrogen) atoms. The first-order chi connectivity index (χ1) is 29.7. The van der Waals surface area contributed by atoms with Gasteiger partial charge in [-0.1, -0.05) is 189 Å². The molecule has 0 N–H and O–H groups in total. The van der Waals surface area contributed by atoms with Crippen LogP contribution in [0.15, 0.2) is 200 Å². The third-order valence-corrected chi connectivity index (χ3v) is 12.9. The number of nitrogens with zero attached hydrogens (tertiary/aromatic N) is 3. The summed E-state index contributed by atoms with van der Waals surface area (Å²) in [6.07, 6.45) is 10.2. The zero-order chi connectivity index (χ0) is 39.9. The SMILES string of the molecule is c1ccc(-c2cc(-c3ccc(-c4cccnc4)cc3)nc(-c3ccc(-c4ccc(-c5ccc(-c6ccc7c(c6)-c6ccccc6C76CCCCC6)cc5)cc4)cc3)n2)cc1. The van der Waals surface area contributed by atoms with Gasteiger partial charge >= 0.3 is 0 Å². The van der Waals surface area contributed by atoms with Crippen LogP contribution in [0.1, 0.15) is 43.2 Å². The Hall–Kier alpha value is -7.23. The molecule has 1 fully saturated rings. The number of aromatic nitrogens is 3. The van der Waals surface area contributed by atoms with Crippen LogP contribution in [0.4, 0.5) is 0 Å². The van der Waals surface area contributed by atoms with Crippen LogP contribution < -0.4 is 0 Å². The van der Waals surface area contributed by atoms with E-state index in [2.05, 4.69) is 169 Å².